The highest BCUT2D eigenvalue weighted by atomic mass is 15.4. The van der Waals surface area contributed by atoms with Gasteiger partial charge in [-0.15, -0.1) is 0 Å². The Hall–Kier alpha value is -0.0800. The Morgan fingerprint density at radius 1 is 1.07 bits per heavy atom. The van der Waals surface area contributed by atoms with Gasteiger partial charge in [0.2, 0.25) is 0 Å². The summed E-state index contributed by atoms with van der Waals surface area (Å²) in [6.07, 6.45) is 1.45. The molecule has 0 aliphatic carbocycles. The third kappa shape index (κ3) is 1.82. The van der Waals surface area contributed by atoms with Crippen LogP contribution in [0.2, 0.25) is 0 Å². The first-order valence-corrected chi connectivity index (χ1v) is 6.07. The summed E-state index contributed by atoms with van der Waals surface area (Å²) in [5, 5.41) is 0. The SMILES string of the molecule is CC(C)CN1CC2CC(C1)N2C(C)C. The summed E-state index contributed by atoms with van der Waals surface area (Å²) in [6, 6.07) is 2.49. The molecular formula is C12H24N2. The van der Waals surface area contributed by atoms with Crippen LogP contribution in [0.25, 0.3) is 0 Å². The zero-order chi connectivity index (χ0) is 10.3. The Bertz CT molecular complexity index is 188. The first kappa shape index (κ1) is 10.4. The summed E-state index contributed by atoms with van der Waals surface area (Å²) in [5.74, 6) is 0.819. The smallest absolute Gasteiger partial charge is 0.0244 e. The highest BCUT2D eigenvalue weighted by Crippen LogP contribution is 2.34. The quantitative estimate of drug-likeness (QED) is 0.679. The van der Waals surface area contributed by atoms with Gasteiger partial charge in [-0.05, 0) is 26.2 Å². The van der Waals surface area contributed by atoms with Gasteiger partial charge >= 0.3 is 0 Å². The van der Waals surface area contributed by atoms with Crippen molar-refractivity contribution in [2.75, 3.05) is 19.6 Å². The molecule has 0 saturated carbocycles. The molecule has 0 aromatic heterocycles. The Kier molecular flexibility index (Phi) is 2.85. The van der Waals surface area contributed by atoms with Gasteiger partial charge in [0.25, 0.3) is 0 Å². The molecular weight excluding hydrogens is 172 g/mol. The average molecular weight is 196 g/mol. The van der Waals surface area contributed by atoms with Crippen LogP contribution < -0.4 is 0 Å². The van der Waals surface area contributed by atoms with E-state index in [0.717, 1.165) is 24.0 Å². The van der Waals surface area contributed by atoms with E-state index in [9.17, 15) is 0 Å². The molecule has 3 heterocycles. The van der Waals surface area contributed by atoms with Gasteiger partial charge in [0, 0.05) is 37.8 Å². The maximum Gasteiger partial charge on any atom is 0.0244 e. The fourth-order valence-corrected chi connectivity index (χ4v) is 3.23. The largest absolute Gasteiger partial charge is 0.300 e. The Morgan fingerprint density at radius 2 is 1.64 bits per heavy atom. The molecule has 0 radical (unpaired) electrons. The second-order valence-corrected chi connectivity index (χ2v) is 5.70. The van der Waals surface area contributed by atoms with Crippen LogP contribution in [-0.4, -0.2) is 47.6 Å². The van der Waals surface area contributed by atoms with Crippen LogP contribution in [0.4, 0.5) is 0 Å². The van der Waals surface area contributed by atoms with Gasteiger partial charge in [-0.1, -0.05) is 13.8 Å². The number of piperidine rings is 1. The van der Waals surface area contributed by atoms with Crippen LogP contribution >= 0.6 is 0 Å². The van der Waals surface area contributed by atoms with Crippen LogP contribution in [0.1, 0.15) is 34.1 Å². The molecule has 2 heteroatoms. The van der Waals surface area contributed by atoms with Crippen molar-refractivity contribution in [3.05, 3.63) is 0 Å². The topological polar surface area (TPSA) is 6.48 Å². The van der Waals surface area contributed by atoms with Crippen molar-refractivity contribution in [2.45, 2.75) is 52.2 Å². The molecule has 82 valence electrons. The lowest BCUT2D eigenvalue weighted by Gasteiger charge is -2.58. The molecule has 3 rings (SSSR count). The normalized spacial score (nSPS) is 33.9. The summed E-state index contributed by atoms with van der Waals surface area (Å²) >= 11 is 0. The zero-order valence-corrected chi connectivity index (χ0v) is 10.0. The standard InChI is InChI=1S/C12H24N2/c1-9(2)6-13-7-11-5-12(8-13)14(11)10(3)4/h9-12H,5-8H2,1-4H3. The molecule has 2 unspecified atom stereocenters. The van der Waals surface area contributed by atoms with Crippen molar-refractivity contribution in [3.8, 4) is 0 Å². The van der Waals surface area contributed by atoms with E-state index in [-0.39, 0.29) is 0 Å². The lowest BCUT2D eigenvalue weighted by Crippen LogP contribution is -2.70. The summed E-state index contributed by atoms with van der Waals surface area (Å²) in [5.41, 5.74) is 0. The molecule has 2 nitrogen and oxygen atoms in total. The van der Waals surface area contributed by atoms with E-state index in [4.69, 9.17) is 0 Å². The third-order valence-electron chi connectivity index (χ3n) is 3.54. The first-order chi connectivity index (χ1) is 6.58. The number of nitrogens with zero attached hydrogens (tertiary/aromatic N) is 2. The molecule has 0 aromatic rings. The van der Waals surface area contributed by atoms with Gasteiger partial charge in [-0.3, -0.25) is 9.80 Å². The summed E-state index contributed by atoms with van der Waals surface area (Å²) in [7, 11) is 0. The fraction of sp³-hybridized carbons (Fsp3) is 1.00. The summed E-state index contributed by atoms with van der Waals surface area (Å²) in [4.78, 5) is 5.36. The zero-order valence-electron chi connectivity index (χ0n) is 10.0. The average Bonchev–Trinajstić information content (AvgIpc) is 2.00. The van der Waals surface area contributed by atoms with E-state index in [2.05, 4.69) is 37.5 Å². The minimum Gasteiger partial charge on any atom is -0.300 e. The molecule has 3 aliphatic rings. The molecule has 3 fully saturated rings. The van der Waals surface area contributed by atoms with E-state index in [1.807, 2.05) is 0 Å². The van der Waals surface area contributed by atoms with E-state index in [0.29, 0.717) is 0 Å². The number of hydrogen-bond donors (Lipinski definition) is 0. The molecule has 0 aromatic carbocycles. The second kappa shape index (κ2) is 3.82. The molecule has 3 saturated heterocycles. The molecule has 0 spiro atoms. The highest BCUT2D eigenvalue weighted by Gasteiger charge is 2.45. The lowest BCUT2D eigenvalue weighted by molar-refractivity contribution is -0.0899. The van der Waals surface area contributed by atoms with Crippen molar-refractivity contribution in [1.82, 2.24) is 9.80 Å². The Morgan fingerprint density at radius 3 is 2.07 bits per heavy atom. The van der Waals surface area contributed by atoms with Crippen LogP contribution in [0.15, 0.2) is 0 Å². The van der Waals surface area contributed by atoms with Gasteiger partial charge in [-0.2, -0.15) is 0 Å². The summed E-state index contributed by atoms with van der Waals surface area (Å²) < 4.78 is 0. The van der Waals surface area contributed by atoms with E-state index in [1.165, 1.54) is 26.1 Å². The van der Waals surface area contributed by atoms with E-state index >= 15 is 0 Å². The van der Waals surface area contributed by atoms with Crippen LogP contribution in [0, 0.1) is 5.92 Å². The molecule has 0 amide bonds. The number of fused-ring (bicyclic) bond motifs is 2. The highest BCUT2D eigenvalue weighted by molar-refractivity contribution is 5.01. The fourth-order valence-electron chi connectivity index (χ4n) is 3.23. The van der Waals surface area contributed by atoms with Crippen molar-refractivity contribution in [3.63, 3.8) is 0 Å². The Labute approximate surface area is 88.3 Å². The van der Waals surface area contributed by atoms with Crippen molar-refractivity contribution < 1.29 is 0 Å². The van der Waals surface area contributed by atoms with Crippen LogP contribution in [0.3, 0.4) is 0 Å². The van der Waals surface area contributed by atoms with Crippen LogP contribution in [0.5, 0.6) is 0 Å². The maximum absolute atomic E-state index is 2.71. The molecule has 2 bridgehead atoms. The lowest BCUT2D eigenvalue weighted by atomic mass is 9.85. The molecule has 3 aliphatic heterocycles. The number of piperazine rings is 1. The molecule has 14 heavy (non-hydrogen) atoms. The second-order valence-electron chi connectivity index (χ2n) is 5.70. The monoisotopic (exact) mass is 196 g/mol. The third-order valence-corrected chi connectivity index (χ3v) is 3.54. The van der Waals surface area contributed by atoms with Gasteiger partial charge in [0.1, 0.15) is 0 Å². The van der Waals surface area contributed by atoms with E-state index in [1.54, 1.807) is 0 Å². The van der Waals surface area contributed by atoms with Crippen molar-refractivity contribution in [1.29, 1.82) is 0 Å². The Balaban J connectivity index is 1.85. The van der Waals surface area contributed by atoms with Gasteiger partial charge in [0.05, 0.1) is 0 Å². The molecule has 2 atom stereocenters. The van der Waals surface area contributed by atoms with Crippen LogP contribution in [-0.2, 0) is 0 Å². The number of rotatable bonds is 3. The first-order valence-electron chi connectivity index (χ1n) is 6.07. The predicted octanol–water partition coefficient (Wildman–Crippen LogP) is 1.81. The van der Waals surface area contributed by atoms with Crippen molar-refractivity contribution >= 4 is 0 Å². The van der Waals surface area contributed by atoms with Gasteiger partial charge < -0.3 is 0 Å². The van der Waals surface area contributed by atoms with Gasteiger partial charge in [-0.25, -0.2) is 0 Å². The summed E-state index contributed by atoms with van der Waals surface area (Å²) in [6.45, 7) is 13.2. The minimum absolute atomic E-state index is 0.750. The maximum atomic E-state index is 2.71. The number of hydrogen-bond acceptors (Lipinski definition) is 2. The van der Waals surface area contributed by atoms with Gasteiger partial charge in [0.15, 0.2) is 0 Å². The predicted molar refractivity (Wildman–Crippen MR) is 60.4 cm³/mol. The molecule has 0 N–H and O–H groups in total. The van der Waals surface area contributed by atoms with E-state index < -0.39 is 0 Å². The van der Waals surface area contributed by atoms with Crippen molar-refractivity contribution in [2.24, 2.45) is 5.92 Å². The minimum atomic E-state index is 0.750.